The van der Waals surface area contributed by atoms with Crippen LogP contribution in [0.2, 0.25) is 0 Å². The van der Waals surface area contributed by atoms with Crippen LogP contribution in [0.1, 0.15) is 22.8 Å². The smallest absolute Gasteiger partial charge is 0.182 e. The van der Waals surface area contributed by atoms with Gasteiger partial charge in [0.15, 0.2) is 11.4 Å². The Labute approximate surface area is 169 Å². The first-order valence-electron chi connectivity index (χ1n) is 8.98. The van der Waals surface area contributed by atoms with Crippen LogP contribution in [0.5, 0.6) is 0 Å². The molecule has 0 aliphatic carbocycles. The van der Waals surface area contributed by atoms with Gasteiger partial charge in [-0.15, -0.1) is 11.3 Å². The van der Waals surface area contributed by atoms with Crippen molar-refractivity contribution in [3.8, 4) is 0 Å². The summed E-state index contributed by atoms with van der Waals surface area (Å²) in [6.07, 6.45) is 2.32. The van der Waals surface area contributed by atoms with Crippen molar-refractivity contribution in [1.29, 1.82) is 0 Å². The molecular formula is C21H25FN4OS. The SMILES string of the molecule is CCN(CCNc1nccs1)c1ccc(N)cc1.Cc1ccc(C=O)c(F)c1. The van der Waals surface area contributed by atoms with Gasteiger partial charge in [0.25, 0.3) is 0 Å². The number of hydrogen-bond acceptors (Lipinski definition) is 6. The molecule has 0 radical (unpaired) electrons. The van der Waals surface area contributed by atoms with Crippen LogP contribution in [0, 0.1) is 12.7 Å². The van der Waals surface area contributed by atoms with Crippen LogP contribution < -0.4 is 16.0 Å². The standard InChI is InChI=1S/C13H18N4S.C8H7FO/c1-2-17(12-5-3-11(14)4-6-12)9-7-15-13-16-8-10-18-13;1-6-2-3-7(5-10)8(9)4-6/h3-6,8,10H,2,7,9,14H2,1H3,(H,15,16);2-5H,1H3. The van der Waals surface area contributed by atoms with Crippen LogP contribution >= 0.6 is 11.3 Å². The molecule has 3 rings (SSSR count). The first kappa shape index (κ1) is 21.4. The van der Waals surface area contributed by atoms with E-state index in [9.17, 15) is 9.18 Å². The zero-order valence-electron chi connectivity index (χ0n) is 16.1. The van der Waals surface area contributed by atoms with Gasteiger partial charge in [-0.1, -0.05) is 6.07 Å². The average Bonchev–Trinajstić information content (AvgIpc) is 3.20. The molecule has 28 heavy (non-hydrogen) atoms. The van der Waals surface area contributed by atoms with Gasteiger partial charge in [-0.05, 0) is 55.8 Å². The van der Waals surface area contributed by atoms with Crippen LogP contribution in [0.3, 0.4) is 0 Å². The average molecular weight is 401 g/mol. The van der Waals surface area contributed by atoms with Gasteiger partial charge >= 0.3 is 0 Å². The number of thiazole rings is 1. The summed E-state index contributed by atoms with van der Waals surface area (Å²) in [4.78, 5) is 16.6. The minimum atomic E-state index is -0.449. The molecule has 5 nitrogen and oxygen atoms in total. The molecular weight excluding hydrogens is 375 g/mol. The Kier molecular flexibility index (Phi) is 8.42. The molecule has 1 aromatic heterocycles. The molecule has 0 bridgehead atoms. The van der Waals surface area contributed by atoms with Crippen molar-refractivity contribution in [2.75, 3.05) is 35.6 Å². The van der Waals surface area contributed by atoms with Crippen LogP contribution in [0.4, 0.5) is 20.9 Å². The van der Waals surface area contributed by atoms with Gasteiger partial charge in [0.2, 0.25) is 0 Å². The molecule has 1 heterocycles. The monoisotopic (exact) mass is 400 g/mol. The molecule has 148 valence electrons. The molecule has 0 atom stereocenters. The highest BCUT2D eigenvalue weighted by atomic mass is 32.1. The summed E-state index contributed by atoms with van der Waals surface area (Å²) < 4.78 is 12.6. The Hall–Kier alpha value is -2.93. The minimum Gasteiger partial charge on any atom is -0.399 e. The number of hydrogen-bond donors (Lipinski definition) is 2. The molecule has 0 saturated carbocycles. The van der Waals surface area contributed by atoms with Crippen LogP contribution in [-0.2, 0) is 0 Å². The highest BCUT2D eigenvalue weighted by molar-refractivity contribution is 7.13. The number of likely N-dealkylation sites (N-methyl/N-ethyl adjacent to an activating group) is 1. The van der Waals surface area contributed by atoms with Crippen molar-refractivity contribution in [3.05, 3.63) is 71.0 Å². The predicted molar refractivity (Wildman–Crippen MR) is 116 cm³/mol. The van der Waals surface area contributed by atoms with Crippen LogP contribution in [-0.4, -0.2) is 30.9 Å². The van der Waals surface area contributed by atoms with Crippen molar-refractivity contribution >= 4 is 34.1 Å². The number of aromatic nitrogens is 1. The Morgan fingerprint density at radius 3 is 2.57 bits per heavy atom. The molecule has 0 unspecified atom stereocenters. The van der Waals surface area contributed by atoms with Crippen molar-refractivity contribution in [3.63, 3.8) is 0 Å². The number of nitrogens with zero attached hydrogens (tertiary/aromatic N) is 2. The predicted octanol–water partition coefficient (Wildman–Crippen LogP) is 4.61. The second-order valence-corrected chi connectivity index (χ2v) is 6.97. The number of aldehydes is 1. The van der Waals surface area contributed by atoms with Gasteiger partial charge in [-0.3, -0.25) is 4.79 Å². The van der Waals surface area contributed by atoms with E-state index in [1.807, 2.05) is 23.7 Å². The lowest BCUT2D eigenvalue weighted by Crippen LogP contribution is -2.28. The lowest BCUT2D eigenvalue weighted by atomic mass is 10.1. The maximum atomic E-state index is 12.6. The quantitative estimate of drug-likeness (QED) is 0.448. The lowest BCUT2D eigenvalue weighted by Gasteiger charge is -2.23. The third-order valence-electron chi connectivity index (χ3n) is 4.01. The normalized spacial score (nSPS) is 9.96. The molecule has 3 N–H and O–H groups in total. The number of nitrogen functional groups attached to an aromatic ring is 1. The number of aryl methyl sites for hydroxylation is 1. The van der Waals surface area contributed by atoms with E-state index in [4.69, 9.17) is 5.73 Å². The summed E-state index contributed by atoms with van der Waals surface area (Å²) in [5.41, 5.74) is 8.64. The molecule has 0 amide bonds. The number of carbonyl (C=O) groups is 1. The molecule has 0 spiro atoms. The van der Waals surface area contributed by atoms with E-state index < -0.39 is 5.82 Å². The van der Waals surface area contributed by atoms with Crippen LogP contribution in [0.15, 0.2) is 54.0 Å². The third-order valence-corrected chi connectivity index (χ3v) is 4.74. The molecule has 0 fully saturated rings. The van der Waals surface area contributed by atoms with E-state index in [2.05, 4.69) is 34.3 Å². The highest BCUT2D eigenvalue weighted by Crippen LogP contribution is 2.16. The third kappa shape index (κ3) is 6.66. The van der Waals surface area contributed by atoms with Gasteiger partial charge in [0, 0.05) is 42.6 Å². The molecule has 3 aromatic rings. The second-order valence-electron chi connectivity index (χ2n) is 6.08. The number of nitrogens with one attached hydrogen (secondary N) is 1. The Balaban J connectivity index is 0.000000237. The van der Waals surface area contributed by atoms with Gasteiger partial charge < -0.3 is 16.0 Å². The van der Waals surface area contributed by atoms with E-state index >= 15 is 0 Å². The zero-order valence-corrected chi connectivity index (χ0v) is 16.9. The van der Waals surface area contributed by atoms with E-state index in [-0.39, 0.29) is 5.56 Å². The fraction of sp³-hybridized carbons (Fsp3) is 0.238. The molecule has 0 aliphatic heterocycles. The molecule has 2 aromatic carbocycles. The number of rotatable bonds is 7. The fourth-order valence-corrected chi connectivity index (χ4v) is 3.05. The van der Waals surface area contributed by atoms with E-state index in [0.29, 0.717) is 6.29 Å². The first-order chi connectivity index (χ1) is 13.5. The van der Waals surface area contributed by atoms with E-state index in [1.54, 1.807) is 24.3 Å². The van der Waals surface area contributed by atoms with Gasteiger partial charge in [0.1, 0.15) is 5.82 Å². The molecule has 0 aliphatic rings. The maximum Gasteiger partial charge on any atom is 0.182 e. The summed E-state index contributed by atoms with van der Waals surface area (Å²) in [6.45, 7) is 6.73. The molecule has 0 saturated heterocycles. The van der Waals surface area contributed by atoms with Gasteiger partial charge in [-0.2, -0.15) is 0 Å². The van der Waals surface area contributed by atoms with Crippen molar-refractivity contribution < 1.29 is 9.18 Å². The summed E-state index contributed by atoms with van der Waals surface area (Å²) in [7, 11) is 0. The van der Waals surface area contributed by atoms with Crippen LogP contribution in [0.25, 0.3) is 0 Å². The Morgan fingerprint density at radius 1 is 1.25 bits per heavy atom. The van der Waals surface area contributed by atoms with Crippen molar-refractivity contribution in [2.45, 2.75) is 13.8 Å². The number of nitrogens with two attached hydrogens (primary N) is 1. The largest absolute Gasteiger partial charge is 0.399 e. The highest BCUT2D eigenvalue weighted by Gasteiger charge is 2.04. The number of benzene rings is 2. The van der Waals surface area contributed by atoms with Gasteiger partial charge in [0.05, 0.1) is 5.56 Å². The Bertz CT molecular complexity index is 853. The second kappa shape index (κ2) is 11.0. The Morgan fingerprint density at radius 2 is 2.00 bits per heavy atom. The van der Waals surface area contributed by atoms with E-state index in [1.165, 1.54) is 17.8 Å². The zero-order chi connectivity index (χ0) is 20.4. The molecule has 7 heteroatoms. The minimum absolute atomic E-state index is 0.116. The van der Waals surface area contributed by atoms with Crippen molar-refractivity contribution in [2.24, 2.45) is 0 Å². The number of anilines is 3. The first-order valence-corrected chi connectivity index (χ1v) is 9.86. The number of carbonyl (C=O) groups excluding carboxylic acids is 1. The topological polar surface area (TPSA) is 71.2 Å². The summed E-state index contributed by atoms with van der Waals surface area (Å²) in [5.74, 6) is -0.449. The number of halogens is 1. The maximum absolute atomic E-state index is 12.6. The summed E-state index contributed by atoms with van der Waals surface area (Å²) >= 11 is 1.62. The van der Waals surface area contributed by atoms with E-state index in [0.717, 1.165) is 36.0 Å². The summed E-state index contributed by atoms with van der Waals surface area (Å²) in [5, 5.41) is 6.26. The lowest BCUT2D eigenvalue weighted by molar-refractivity contribution is 0.112. The van der Waals surface area contributed by atoms with Crippen molar-refractivity contribution in [1.82, 2.24) is 4.98 Å². The summed E-state index contributed by atoms with van der Waals surface area (Å²) in [6, 6.07) is 12.5. The fourth-order valence-electron chi connectivity index (χ4n) is 2.49. The van der Waals surface area contributed by atoms with Gasteiger partial charge in [-0.25, -0.2) is 9.37 Å².